The highest BCUT2D eigenvalue weighted by Gasteiger charge is 2.42. The molecule has 0 saturated carbocycles. The number of urea groups is 1. The van der Waals surface area contributed by atoms with Crippen molar-refractivity contribution in [3.05, 3.63) is 34.9 Å². The van der Waals surface area contributed by atoms with Gasteiger partial charge in [0.25, 0.3) is 0 Å². The van der Waals surface area contributed by atoms with Gasteiger partial charge in [-0.15, -0.1) is 0 Å². The number of aliphatic hydroxyl groups is 1. The highest BCUT2D eigenvalue weighted by Crippen LogP contribution is 2.35. The lowest BCUT2D eigenvalue weighted by molar-refractivity contribution is 0.0530. The number of amides is 2. The quantitative estimate of drug-likeness (QED) is 0.811. The van der Waals surface area contributed by atoms with Crippen LogP contribution in [0.3, 0.4) is 0 Å². The van der Waals surface area contributed by atoms with Crippen molar-refractivity contribution in [3.63, 3.8) is 0 Å². The predicted octanol–water partition coefficient (Wildman–Crippen LogP) is 2.55. The molecule has 6 heteroatoms. The van der Waals surface area contributed by atoms with E-state index in [4.69, 9.17) is 16.3 Å². The molecule has 2 saturated heterocycles. The van der Waals surface area contributed by atoms with Crippen LogP contribution in [0.5, 0.6) is 0 Å². The summed E-state index contributed by atoms with van der Waals surface area (Å²) in [5, 5.41) is 13.4. The van der Waals surface area contributed by atoms with E-state index in [9.17, 15) is 9.90 Å². The molecule has 2 atom stereocenters. The molecule has 1 aromatic rings. The Balaban J connectivity index is 1.36. The molecule has 23 heavy (non-hydrogen) atoms. The first-order valence-corrected chi connectivity index (χ1v) is 8.57. The molecule has 126 valence electrons. The third-order valence-corrected chi connectivity index (χ3v) is 4.90. The first-order chi connectivity index (χ1) is 11.1. The Hall–Kier alpha value is -1.30. The van der Waals surface area contributed by atoms with Crippen LogP contribution in [0.25, 0.3) is 0 Å². The Morgan fingerprint density at radius 3 is 2.57 bits per heavy atom. The van der Waals surface area contributed by atoms with Crippen LogP contribution < -0.4 is 5.32 Å². The van der Waals surface area contributed by atoms with Crippen molar-refractivity contribution in [1.29, 1.82) is 0 Å². The molecule has 1 aromatic carbocycles. The second kappa shape index (κ2) is 7.51. The normalized spacial score (nSPS) is 26.3. The maximum absolute atomic E-state index is 12.3. The number of nitrogens with one attached hydrogen (secondary N) is 1. The molecular formula is C17H23ClN2O3. The Morgan fingerprint density at radius 1 is 1.26 bits per heavy atom. The number of piperidine rings is 1. The smallest absolute Gasteiger partial charge is 0.317 e. The van der Waals surface area contributed by atoms with Gasteiger partial charge in [0.15, 0.2) is 0 Å². The molecular weight excluding hydrogens is 316 g/mol. The monoisotopic (exact) mass is 338 g/mol. The summed E-state index contributed by atoms with van der Waals surface area (Å²) in [6.07, 6.45) is 3.16. The van der Waals surface area contributed by atoms with Crippen LogP contribution >= 0.6 is 11.6 Å². The molecule has 2 bridgehead atoms. The third-order valence-electron chi connectivity index (χ3n) is 4.65. The van der Waals surface area contributed by atoms with Crippen LogP contribution in [-0.2, 0) is 11.3 Å². The number of nitrogens with zero attached hydrogens (tertiary/aromatic N) is 1. The number of benzene rings is 1. The van der Waals surface area contributed by atoms with Gasteiger partial charge in [0.05, 0.1) is 19.3 Å². The molecule has 0 spiro atoms. The van der Waals surface area contributed by atoms with Gasteiger partial charge < -0.3 is 20.1 Å². The molecule has 0 radical (unpaired) electrons. The summed E-state index contributed by atoms with van der Waals surface area (Å²) in [7, 11) is 0. The van der Waals surface area contributed by atoms with E-state index >= 15 is 0 Å². The summed E-state index contributed by atoms with van der Waals surface area (Å²) in [4.78, 5) is 14.2. The van der Waals surface area contributed by atoms with E-state index in [1.54, 1.807) is 0 Å². The molecule has 2 amide bonds. The topological polar surface area (TPSA) is 61.8 Å². The number of hydrogen-bond acceptors (Lipinski definition) is 3. The molecule has 2 aliphatic rings. The molecule has 2 heterocycles. The Kier molecular flexibility index (Phi) is 5.41. The van der Waals surface area contributed by atoms with Crippen molar-refractivity contribution in [3.8, 4) is 0 Å². The lowest BCUT2D eigenvalue weighted by Gasteiger charge is -2.37. The van der Waals surface area contributed by atoms with Crippen LogP contribution in [0.4, 0.5) is 4.79 Å². The number of aliphatic hydroxyl groups excluding tert-OH is 1. The average molecular weight is 339 g/mol. The highest BCUT2D eigenvalue weighted by atomic mass is 35.5. The van der Waals surface area contributed by atoms with Gasteiger partial charge in [0.1, 0.15) is 0 Å². The lowest BCUT2D eigenvalue weighted by atomic mass is 10.0. The summed E-state index contributed by atoms with van der Waals surface area (Å²) < 4.78 is 5.57. The van der Waals surface area contributed by atoms with Crippen LogP contribution in [-0.4, -0.2) is 47.4 Å². The minimum atomic E-state index is -0.251. The minimum Gasteiger partial charge on any atom is -0.393 e. The second-order valence-electron chi connectivity index (χ2n) is 6.33. The largest absolute Gasteiger partial charge is 0.393 e. The molecule has 2 unspecified atom stereocenters. The van der Waals surface area contributed by atoms with E-state index in [0.717, 1.165) is 18.4 Å². The average Bonchev–Trinajstić information content (AvgIpc) is 2.80. The van der Waals surface area contributed by atoms with E-state index < -0.39 is 0 Å². The van der Waals surface area contributed by atoms with Gasteiger partial charge in [-0.2, -0.15) is 0 Å². The molecule has 5 nitrogen and oxygen atoms in total. The van der Waals surface area contributed by atoms with Gasteiger partial charge in [-0.25, -0.2) is 4.79 Å². The SMILES string of the molecule is O=C(NCCOCc1ccc(Cl)cc1)N1C2CCC1CC(O)C2. The second-order valence-corrected chi connectivity index (χ2v) is 6.76. The van der Waals surface area contributed by atoms with Crippen molar-refractivity contribution in [1.82, 2.24) is 10.2 Å². The van der Waals surface area contributed by atoms with Crippen LogP contribution in [0.15, 0.2) is 24.3 Å². The van der Waals surface area contributed by atoms with E-state index in [2.05, 4.69) is 5.32 Å². The predicted molar refractivity (Wildman–Crippen MR) is 88.4 cm³/mol. The fourth-order valence-corrected chi connectivity index (χ4v) is 3.70. The van der Waals surface area contributed by atoms with Gasteiger partial charge in [0, 0.05) is 23.7 Å². The zero-order valence-electron chi connectivity index (χ0n) is 13.1. The molecule has 2 fully saturated rings. The maximum Gasteiger partial charge on any atom is 0.317 e. The number of hydrogen-bond donors (Lipinski definition) is 2. The highest BCUT2D eigenvalue weighted by molar-refractivity contribution is 6.30. The van der Waals surface area contributed by atoms with Gasteiger partial charge in [-0.1, -0.05) is 23.7 Å². The molecule has 0 aromatic heterocycles. The summed E-state index contributed by atoms with van der Waals surface area (Å²) in [6.45, 7) is 1.47. The first kappa shape index (κ1) is 16.6. The van der Waals surface area contributed by atoms with Crippen molar-refractivity contribution in [2.75, 3.05) is 13.2 Å². The van der Waals surface area contributed by atoms with Gasteiger partial charge in [-0.3, -0.25) is 0 Å². The molecule has 0 aliphatic carbocycles. The summed E-state index contributed by atoms with van der Waals surface area (Å²) in [5.74, 6) is 0. The van der Waals surface area contributed by atoms with E-state index in [1.807, 2.05) is 29.2 Å². The number of ether oxygens (including phenoxy) is 1. The molecule has 2 aliphatic heterocycles. The fraction of sp³-hybridized carbons (Fsp3) is 0.588. The van der Waals surface area contributed by atoms with Crippen molar-refractivity contribution < 1.29 is 14.6 Å². The van der Waals surface area contributed by atoms with Crippen molar-refractivity contribution in [2.24, 2.45) is 0 Å². The fourth-order valence-electron chi connectivity index (χ4n) is 3.57. The maximum atomic E-state index is 12.3. The number of fused-ring (bicyclic) bond motifs is 2. The lowest BCUT2D eigenvalue weighted by Crippen LogP contribution is -2.52. The van der Waals surface area contributed by atoms with Crippen molar-refractivity contribution in [2.45, 2.75) is 50.5 Å². The minimum absolute atomic E-state index is 0.0282. The molecule has 2 N–H and O–H groups in total. The Labute approximate surface area is 141 Å². The van der Waals surface area contributed by atoms with Crippen molar-refractivity contribution >= 4 is 17.6 Å². The number of halogens is 1. The van der Waals surface area contributed by atoms with Gasteiger partial charge >= 0.3 is 6.03 Å². The number of rotatable bonds is 5. The van der Waals surface area contributed by atoms with E-state index in [-0.39, 0.29) is 24.2 Å². The van der Waals surface area contributed by atoms with E-state index in [0.29, 0.717) is 37.6 Å². The Bertz CT molecular complexity index is 523. The standard InChI is InChI=1S/C17H23ClN2O3/c18-13-3-1-12(2-4-13)11-23-8-7-19-17(22)20-14-5-6-15(20)10-16(21)9-14/h1-4,14-16,21H,5-11H2,(H,19,22). The Morgan fingerprint density at radius 2 is 1.91 bits per heavy atom. The van der Waals surface area contributed by atoms with Crippen LogP contribution in [0.2, 0.25) is 5.02 Å². The number of carbonyl (C=O) groups is 1. The van der Waals surface area contributed by atoms with Gasteiger partial charge in [0.2, 0.25) is 0 Å². The third kappa shape index (κ3) is 4.16. The van der Waals surface area contributed by atoms with Gasteiger partial charge in [-0.05, 0) is 43.4 Å². The molecule has 3 rings (SSSR count). The zero-order chi connectivity index (χ0) is 16.2. The number of carbonyl (C=O) groups excluding carboxylic acids is 1. The first-order valence-electron chi connectivity index (χ1n) is 8.20. The van der Waals surface area contributed by atoms with Crippen LogP contribution in [0, 0.1) is 0 Å². The zero-order valence-corrected chi connectivity index (χ0v) is 13.8. The van der Waals surface area contributed by atoms with Crippen LogP contribution in [0.1, 0.15) is 31.2 Å². The summed E-state index contributed by atoms with van der Waals surface area (Å²) >= 11 is 5.83. The van der Waals surface area contributed by atoms with E-state index in [1.165, 1.54) is 0 Å². The summed E-state index contributed by atoms with van der Waals surface area (Å²) in [5.41, 5.74) is 1.06. The summed E-state index contributed by atoms with van der Waals surface area (Å²) in [6, 6.07) is 7.89.